The number of hydrogen-bond acceptors (Lipinski definition) is 6. The zero-order valence-corrected chi connectivity index (χ0v) is 23.1. The van der Waals surface area contributed by atoms with Crippen molar-refractivity contribution in [1.29, 1.82) is 0 Å². The first-order chi connectivity index (χ1) is 20.2. The van der Waals surface area contributed by atoms with Crippen molar-refractivity contribution in [3.05, 3.63) is 71.9 Å². The SMILES string of the molecule is NC(=O)CCC(NC(=O)C(Cc1ccccc1)NC(=O)C(Cc1c[nH]c2ccccc12)NC(=O)C1CCCN1)C(=O)O. The van der Waals surface area contributed by atoms with Crippen LogP contribution in [-0.4, -0.2) is 70.4 Å². The molecule has 8 N–H and O–H groups in total. The first-order valence-electron chi connectivity index (χ1n) is 14.0. The first-order valence-corrected chi connectivity index (χ1v) is 14.0. The van der Waals surface area contributed by atoms with Crippen molar-refractivity contribution < 1.29 is 29.1 Å². The zero-order valence-electron chi connectivity index (χ0n) is 23.1. The summed E-state index contributed by atoms with van der Waals surface area (Å²) >= 11 is 0. The number of carbonyl (C=O) groups excluding carboxylic acids is 4. The predicted molar refractivity (Wildman–Crippen MR) is 155 cm³/mol. The van der Waals surface area contributed by atoms with Gasteiger partial charge in [-0.2, -0.15) is 0 Å². The van der Waals surface area contributed by atoms with Crippen LogP contribution in [0.3, 0.4) is 0 Å². The average Bonchev–Trinajstić information content (AvgIpc) is 3.66. The number of primary amides is 1. The Morgan fingerprint density at radius 2 is 1.55 bits per heavy atom. The van der Waals surface area contributed by atoms with Gasteiger partial charge >= 0.3 is 5.97 Å². The lowest BCUT2D eigenvalue weighted by molar-refractivity contribution is -0.142. The number of carbonyl (C=O) groups is 5. The summed E-state index contributed by atoms with van der Waals surface area (Å²) in [4.78, 5) is 66.4. The van der Waals surface area contributed by atoms with Crippen molar-refractivity contribution >= 4 is 40.5 Å². The molecule has 42 heavy (non-hydrogen) atoms. The van der Waals surface area contributed by atoms with Gasteiger partial charge in [0.1, 0.15) is 18.1 Å². The minimum absolute atomic E-state index is 0.0680. The number of amides is 4. The number of para-hydroxylation sites is 1. The van der Waals surface area contributed by atoms with Gasteiger partial charge in [-0.25, -0.2) is 4.79 Å². The Balaban J connectivity index is 1.57. The number of aliphatic carboxylic acids is 1. The third-order valence-electron chi connectivity index (χ3n) is 7.32. The molecule has 4 unspecified atom stereocenters. The second kappa shape index (κ2) is 14.3. The van der Waals surface area contributed by atoms with Crippen LogP contribution in [0.5, 0.6) is 0 Å². The summed E-state index contributed by atoms with van der Waals surface area (Å²) in [5.41, 5.74) is 7.59. The van der Waals surface area contributed by atoms with E-state index >= 15 is 0 Å². The molecule has 1 fully saturated rings. The molecule has 1 aliphatic rings. The molecule has 12 nitrogen and oxygen atoms in total. The fourth-order valence-corrected chi connectivity index (χ4v) is 5.06. The highest BCUT2D eigenvalue weighted by Crippen LogP contribution is 2.20. The van der Waals surface area contributed by atoms with Crippen LogP contribution in [0.2, 0.25) is 0 Å². The van der Waals surface area contributed by atoms with Gasteiger partial charge in [0.15, 0.2) is 0 Å². The van der Waals surface area contributed by atoms with Gasteiger partial charge in [0.25, 0.3) is 0 Å². The van der Waals surface area contributed by atoms with Crippen LogP contribution in [0.4, 0.5) is 0 Å². The van der Waals surface area contributed by atoms with Gasteiger partial charge in [-0.15, -0.1) is 0 Å². The summed E-state index contributed by atoms with van der Waals surface area (Å²) in [5.74, 6) is -3.67. The highest BCUT2D eigenvalue weighted by Gasteiger charge is 2.32. The third kappa shape index (κ3) is 8.16. The average molecular weight is 577 g/mol. The Morgan fingerprint density at radius 1 is 0.881 bits per heavy atom. The maximum atomic E-state index is 13.8. The molecule has 4 amide bonds. The number of benzene rings is 2. The quantitative estimate of drug-likeness (QED) is 0.145. The summed E-state index contributed by atoms with van der Waals surface area (Å²) in [5, 5.41) is 21.7. The molecule has 0 aliphatic carbocycles. The van der Waals surface area contributed by atoms with Gasteiger partial charge in [-0.3, -0.25) is 19.2 Å². The molecule has 2 aromatic carbocycles. The van der Waals surface area contributed by atoms with E-state index in [1.165, 1.54) is 0 Å². The molecule has 12 heteroatoms. The zero-order chi connectivity index (χ0) is 30.1. The van der Waals surface area contributed by atoms with Gasteiger partial charge in [0.2, 0.25) is 23.6 Å². The monoisotopic (exact) mass is 576 g/mol. The van der Waals surface area contributed by atoms with Crippen molar-refractivity contribution in [3.8, 4) is 0 Å². The van der Waals surface area contributed by atoms with Crippen molar-refractivity contribution in [1.82, 2.24) is 26.3 Å². The van der Waals surface area contributed by atoms with E-state index < -0.39 is 47.9 Å². The molecule has 0 radical (unpaired) electrons. The predicted octanol–water partition coefficient (Wildman–Crippen LogP) is 0.510. The number of rotatable bonds is 14. The molecule has 1 saturated heterocycles. The number of nitrogens with two attached hydrogens (primary N) is 1. The topological polar surface area (TPSA) is 196 Å². The summed E-state index contributed by atoms with van der Waals surface area (Å²) < 4.78 is 0. The van der Waals surface area contributed by atoms with E-state index in [1.807, 2.05) is 30.3 Å². The smallest absolute Gasteiger partial charge is 0.326 e. The van der Waals surface area contributed by atoms with Crippen LogP contribution >= 0.6 is 0 Å². The summed E-state index contributed by atoms with van der Waals surface area (Å²) in [6.45, 7) is 0.706. The van der Waals surface area contributed by atoms with E-state index in [1.54, 1.807) is 30.5 Å². The Kier molecular flexibility index (Phi) is 10.3. The fourth-order valence-electron chi connectivity index (χ4n) is 5.06. The summed E-state index contributed by atoms with van der Waals surface area (Å²) in [6, 6.07) is 12.6. The van der Waals surface area contributed by atoms with Crippen LogP contribution < -0.4 is 27.0 Å². The molecule has 2 heterocycles. The highest BCUT2D eigenvalue weighted by molar-refractivity contribution is 5.95. The highest BCUT2D eigenvalue weighted by atomic mass is 16.4. The molecule has 0 saturated carbocycles. The van der Waals surface area contributed by atoms with E-state index in [0.717, 1.165) is 28.5 Å². The third-order valence-corrected chi connectivity index (χ3v) is 7.32. The van der Waals surface area contributed by atoms with Gasteiger partial charge in [-0.1, -0.05) is 48.5 Å². The molecule has 1 aliphatic heterocycles. The van der Waals surface area contributed by atoms with Crippen LogP contribution in [0.25, 0.3) is 10.9 Å². The molecule has 4 rings (SSSR count). The molecular weight excluding hydrogens is 540 g/mol. The number of carboxylic acids is 1. The number of hydrogen-bond donors (Lipinski definition) is 7. The van der Waals surface area contributed by atoms with Gasteiger partial charge in [0, 0.05) is 36.4 Å². The maximum absolute atomic E-state index is 13.8. The molecule has 3 aromatic rings. The number of carboxylic acid groups (broad SMARTS) is 1. The molecule has 4 atom stereocenters. The molecule has 0 bridgehead atoms. The van der Waals surface area contributed by atoms with E-state index in [9.17, 15) is 29.1 Å². The number of aromatic amines is 1. The maximum Gasteiger partial charge on any atom is 0.326 e. The molecular formula is C30H36N6O6. The second-order valence-corrected chi connectivity index (χ2v) is 10.4. The lowest BCUT2D eigenvalue weighted by Crippen LogP contribution is -2.58. The Morgan fingerprint density at radius 3 is 2.21 bits per heavy atom. The van der Waals surface area contributed by atoms with Gasteiger partial charge in [-0.05, 0) is 43.0 Å². The molecule has 1 aromatic heterocycles. The summed E-state index contributed by atoms with van der Waals surface area (Å²) in [6.07, 6.45) is 3.07. The first kappa shape index (κ1) is 30.3. The van der Waals surface area contributed by atoms with Crippen molar-refractivity contribution in [2.45, 2.75) is 62.7 Å². The number of nitrogens with one attached hydrogen (secondary N) is 5. The molecule has 222 valence electrons. The van der Waals surface area contributed by atoms with Crippen LogP contribution in [-0.2, 0) is 36.8 Å². The van der Waals surface area contributed by atoms with E-state index in [4.69, 9.17) is 5.73 Å². The van der Waals surface area contributed by atoms with Gasteiger partial charge < -0.3 is 37.1 Å². The van der Waals surface area contributed by atoms with Crippen molar-refractivity contribution in [2.75, 3.05) is 6.54 Å². The van der Waals surface area contributed by atoms with Crippen LogP contribution in [0, 0.1) is 0 Å². The lowest BCUT2D eigenvalue weighted by Gasteiger charge is -2.25. The number of aromatic nitrogens is 1. The minimum atomic E-state index is -1.38. The second-order valence-electron chi connectivity index (χ2n) is 10.4. The van der Waals surface area contributed by atoms with Gasteiger partial charge in [0.05, 0.1) is 6.04 Å². The normalized spacial score (nSPS) is 16.7. The standard InChI is InChI=1S/C30H36N6O6/c31-26(37)13-12-23(30(41)42)34-28(39)24(15-18-7-2-1-3-8-18)35-29(40)25(36-27(38)22-11-6-14-32-22)16-19-17-33-21-10-5-4-9-20(19)21/h1-5,7-10,17,22-25,32-33H,6,11-16H2,(H2,31,37)(H,34,39)(H,35,40)(H,36,38)(H,41,42). The van der Waals surface area contributed by atoms with E-state index in [2.05, 4.69) is 26.3 Å². The fraction of sp³-hybridized carbons (Fsp3) is 0.367. The van der Waals surface area contributed by atoms with E-state index in [0.29, 0.717) is 13.0 Å². The minimum Gasteiger partial charge on any atom is -0.480 e. The van der Waals surface area contributed by atoms with Crippen molar-refractivity contribution in [3.63, 3.8) is 0 Å². The molecule has 0 spiro atoms. The van der Waals surface area contributed by atoms with Crippen LogP contribution in [0.15, 0.2) is 60.8 Å². The number of fused-ring (bicyclic) bond motifs is 1. The summed E-state index contributed by atoms with van der Waals surface area (Å²) in [7, 11) is 0. The van der Waals surface area contributed by atoms with Crippen molar-refractivity contribution in [2.24, 2.45) is 5.73 Å². The number of H-pyrrole nitrogens is 1. The van der Waals surface area contributed by atoms with E-state index in [-0.39, 0.29) is 31.6 Å². The Hall–Kier alpha value is -4.71. The Labute approximate surface area is 242 Å². The van der Waals surface area contributed by atoms with Crippen LogP contribution in [0.1, 0.15) is 36.8 Å². The largest absolute Gasteiger partial charge is 0.480 e. The Bertz CT molecular complexity index is 1420. The lowest BCUT2D eigenvalue weighted by atomic mass is 10.0.